The van der Waals surface area contributed by atoms with Gasteiger partial charge in [-0.3, -0.25) is 4.79 Å². The zero-order chi connectivity index (χ0) is 29.1. The fraction of sp³-hybridized carbons (Fsp3) is 0.963. The highest BCUT2D eigenvalue weighted by molar-refractivity contribution is 5.80. The van der Waals surface area contributed by atoms with Crippen LogP contribution in [0.5, 0.6) is 0 Å². The monoisotopic (exact) mass is 577 g/mol. The van der Waals surface area contributed by atoms with E-state index in [-0.39, 0.29) is 11.8 Å². The first-order valence-corrected chi connectivity index (χ1v) is 14.5. The smallest absolute Gasteiger partial charge is 0.251 e. The van der Waals surface area contributed by atoms with Gasteiger partial charge in [0.1, 0.15) is 48.8 Å². The summed E-state index contributed by atoms with van der Waals surface area (Å²) >= 11 is 0. The SMILES string of the molecule is CC1O[C@@H](OC2[C@H](C)CCC[C@H]2O[C@@H]2OC(CO)[C@H](O)C3O[C@@H](C(=O)N(C)C)CCCCOC32)[C@@H](O)C(O)[C@@H]1O. The lowest BCUT2D eigenvalue weighted by Gasteiger charge is -2.47. The van der Waals surface area contributed by atoms with E-state index in [1.165, 1.54) is 4.90 Å². The van der Waals surface area contributed by atoms with Crippen LogP contribution >= 0.6 is 0 Å². The first-order valence-electron chi connectivity index (χ1n) is 14.5. The van der Waals surface area contributed by atoms with E-state index in [2.05, 4.69) is 0 Å². The number of carbonyl (C=O) groups excluding carboxylic acids is 1. The Morgan fingerprint density at radius 1 is 0.825 bits per heavy atom. The van der Waals surface area contributed by atoms with E-state index in [1.54, 1.807) is 21.0 Å². The molecule has 5 N–H and O–H groups in total. The molecule has 4 fully saturated rings. The number of nitrogens with zero attached hydrogens (tertiary/aromatic N) is 1. The second kappa shape index (κ2) is 14.0. The minimum Gasteiger partial charge on any atom is -0.394 e. The molecule has 40 heavy (non-hydrogen) atoms. The minimum absolute atomic E-state index is 0.00717. The topological polar surface area (TPSA) is 177 Å². The van der Waals surface area contributed by atoms with Crippen molar-refractivity contribution >= 4 is 5.91 Å². The molecule has 0 aromatic heterocycles. The van der Waals surface area contributed by atoms with Gasteiger partial charge in [0.2, 0.25) is 0 Å². The molecule has 0 radical (unpaired) electrons. The molecule has 0 aromatic carbocycles. The highest BCUT2D eigenvalue weighted by atomic mass is 16.7. The summed E-state index contributed by atoms with van der Waals surface area (Å²) in [6.45, 7) is 3.43. The quantitative estimate of drug-likeness (QED) is 0.258. The minimum atomic E-state index is -1.46. The lowest BCUT2D eigenvalue weighted by atomic mass is 9.85. The van der Waals surface area contributed by atoms with Crippen molar-refractivity contribution in [1.82, 2.24) is 4.90 Å². The number of aliphatic hydroxyl groups is 5. The third kappa shape index (κ3) is 6.97. The maximum absolute atomic E-state index is 12.9. The van der Waals surface area contributed by atoms with E-state index in [0.717, 1.165) is 12.8 Å². The average Bonchev–Trinajstić information content (AvgIpc) is 3.04. The molecule has 0 spiro atoms. The normalized spacial score (nSPS) is 46.9. The average molecular weight is 578 g/mol. The number of carbonyl (C=O) groups is 1. The summed E-state index contributed by atoms with van der Waals surface area (Å²) in [5.74, 6) is -0.230. The second-order valence-electron chi connectivity index (χ2n) is 11.7. The fourth-order valence-electron chi connectivity index (χ4n) is 6.02. The van der Waals surface area contributed by atoms with Crippen LogP contribution in [0.1, 0.15) is 52.4 Å². The first kappa shape index (κ1) is 32.0. The van der Waals surface area contributed by atoms with Gasteiger partial charge in [-0.1, -0.05) is 13.3 Å². The maximum atomic E-state index is 12.9. The molecule has 0 aromatic rings. The number of likely N-dealkylation sites (N-methyl/N-ethyl adjacent to an activating group) is 1. The van der Waals surface area contributed by atoms with Crippen LogP contribution in [0.3, 0.4) is 0 Å². The van der Waals surface area contributed by atoms with Gasteiger partial charge >= 0.3 is 0 Å². The van der Waals surface area contributed by atoms with Gasteiger partial charge in [-0.2, -0.15) is 0 Å². The van der Waals surface area contributed by atoms with Crippen molar-refractivity contribution in [2.75, 3.05) is 27.3 Å². The molecule has 1 saturated carbocycles. The van der Waals surface area contributed by atoms with Crippen LogP contribution in [-0.2, 0) is 33.2 Å². The van der Waals surface area contributed by atoms with E-state index >= 15 is 0 Å². The van der Waals surface area contributed by atoms with Crippen molar-refractivity contribution in [3.8, 4) is 0 Å². The molecule has 13 heteroatoms. The second-order valence-corrected chi connectivity index (χ2v) is 11.7. The number of hydrogen-bond acceptors (Lipinski definition) is 12. The van der Waals surface area contributed by atoms with Crippen LogP contribution in [0.15, 0.2) is 0 Å². The summed E-state index contributed by atoms with van der Waals surface area (Å²) in [5, 5.41) is 51.9. The van der Waals surface area contributed by atoms with Gasteiger partial charge in [-0.25, -0.2) is 0 Å². The molecule has 4 aliphatic rings. The zero-order valence-corrected chi connectivity index (χ0v) is 23.8. The van der Waals surface area contributed by atoms with E-state index in [0.29, 0.717) is 32.3 Å². The summed E-state index contributed by atoms with van der Waals surface area (Å²) in [5.41, 5.74) is 0. The molecule has 1 aliphatic carbocycles. The van der Waals surface area contributed by atoms with Gasteiger partial charge < -0.3 is 58.9 Å². The van der Waals surface area contributed by atoms with Gasteiger partial charge in [-0.05, 0) is 44.9 Å². The molecule has 0 bridgehead atoms. The number of hydrogen-bond donors (Lipinski definition) is 5. The maximum Gasteiger partial charge on any atom is 0.251 e. The Balaban J connectivity index is 1.55. The van der Waals surface area contributed by atoms with Crippen LogP contribution < -0.4 is 0 Å². The molecule has 3 saturated heterocycles. The summed E-state index contributed by atoms with van der Waals surface area (Å²) in [4.78, 5) is 14.3. The number of ether oxygens (including phenoxy) is 6. The third-order valence-electron chi connectivity index (χ3n) is 8.49. The standard InChI is InChI=1S/C27H47NO12/c1-13-8-7-10-15(22(13)40-26-21(33)20(32)18(30)14(2)36-26)38-27-24-23(19(31)17(12-29)39-27)37-16(25(34)28(3)4)9-5-6-11-35-24/h13-24,26-27,29-33H,5-12H2,1-4H3/t13-,14?,15-,16-,17?,18-,19+,20?,21+,22?,23?,24?,26+,27-/m1/s1. The van der Waals surface area contributed by atoms with E-state index in [1.807, 2.05) is 6.92 Å². The molecule has 14 atom stereocenters. The Morgan fingerprint density at radius 3 is 2.27 bits per heavy atom. The van der Waals surface area contributed by atoms with Crippen molar-refractivity contribution in [1.29, 1.82) is 0 Å². The predicted molar refractivity (Wildman–Crippen MR) is 138 cm³/mol. The van der Waals surface area contributed by atoms with Crippen LogP contribution in [0, 0.1) is 5.92 Å². The molecule has 6 unspecified atom stereocenters. The Labute approximate surface area is 235 Å². The third-order valence-corrected chi connectivity index (χ3v) is 8.49. The van der Waals surface area contributed by atoms with Crippen LogP contribution in [-0.4, -0.2) is 143 Å². The van der Waals surface area contributed by atoms with Crippen LogP contribution in [0.2, 0.25) is 0 Å². The van der Waals surface area contributed by atoms with Gasteiger partial charge in [0.15, 0.2) is 12.6 Å². The predicted octanol–water partition coefficient (Wildman–Crippen LogP) is -1.11. The van der Waals surface area contributed by atoms with Gasteiger partial charge in [0.25, 0.3) is 5.91 Å². The van der Waals surface area contributed by atoms with Crippen LogP contribution in [0.4, 0.5) is 0 Å². The summed E-state index contributed by atoms with van der Waals surface area (Å²) in [6.07, 6.45) is -9.13. The summed E-state index contributed by atoms with van der Waals surface area (Å²) < 4.78 is 36.7. The molecular formula is C27H47NO12. The van der Waals surface area contributed by atoms with Crippen molar-refractivity contribution in [2.24, 2.45) is 5.92 Å². The Bertz CT molecular complexity index is 818. The van der Waals surface area contributed by atoms with Crippen molar-refractivity contribution in [3.05, 3.63) is 0 Å². The lowest BCUT2D eigenvalue weighted by Crippen LogP contribution is -2.63. The number of aliphatic hydroxyl groups excluding tert-OH is 5. The fourth-order valence-corrected chi connectivity index (χ4v) is 6.02. The van der Waals surface area contributed by atoms with E-state index in [4.69, 9.17) is 28.4 Å². The van der Waals surface area contributed by atoms with Crippen LogP contribution in [0.25, 0.3) is 0 Å². The van der Waals surface area contributed by atoms with Crippen molar-refractivity contribution in [3.63, 3.8) is 0 Å². The highest BCUT2D eigenvalue weighted by Crippen LogP contribution is 2.36. The number of amides is 1. The molecule has 232 valence electrons. The van der Waals surface area contributed by atoms with E-state index in [9.17, 15) is 30.3 Å². The van der Waals surface area contributed by atoms with E-state index < -0.39 is 86.3 Å². The zero-order valence-electron chi connectivity index (χ0n) is 23.8. The molecule has 13 nitrogen and oxygen atoms in total. The largest absolute Gasteiger partial charge is 0.394 e. The van der Waals surface area contributed by atoms with Crippen molar-refractivity contribution in [2.45, 2.75) is 132 Å². The highest BCUT2D eigenvalue weighted by Gasteiger charge is 2.51. The molecule has 4 rings (SSSR count). The molecular weight excluding hydrogens is 530 g/mol. The summed E-state index contributed by atoms with van der Waals surface area (Å²) in [7, 11) is 3.29. The molecule has 1 amide bonds. The van der Waals surface area contributed by atoms with Gasteiger partial charge in [-0.15, -0.1) is 0 Å². The molecule has 3 aliphatic heterocycles. The summed E-state index contributed by atoms with van der Waals surface area (Å²) in [6, 6.07) is 0. The van der Waals surface area contributed by atoms with Gasteiger partial charge in [0.05, 0.1) is 24.9 Å². The molecule has 3 heterocycles. The van der Waals surface area contributed by atoms with Crippen molar-refractivity contribution < 1.29 is 58.7 Å². The number of rotatable bonds is 6. The Morgan fingerprint density at radius 2 is 1.57 bits per heavy atom. The Hall–Kier alpha value is -0.970. The number of fused-ring (bicyclic) bond motifs is 1. The van der Waals surface area contributed by atoms with Gasteiger partial charge in [0, 0.05) is 20.7 Å². The first-order chi connectivity index (χ1) is 19.0. The lowest BCUT2D eigenvalue weighted by molar-refractivity contribution is -0.352. The Kier molecular flexibility index (Phi) is 11.2.